The first kappa shape index (κ1) is 13.5. The molecule has 1 saturated heterocycles. The van der Waals surface area contributed by atoms with Gasteiger partial charge in [-0.25, -0.2) is 0 Å². The molecule has 0 bridgehead atoms. The molecule has 2 N–H and O–H groups in total. The minimum absolute atomic E-state index is 0.0460. The van der Waals surface area contributed by atoms with Crippen LogP contribution in [0.1, 0.15) is 5.56 Å². The Morgan fingerprint density at radius 1 is 1.44 bits per heavy atom. The lowest BCUT2D eigenvalue weighted by molar-refractivity contribution is -0.120. The van der Waals surface area contributed by atoms with Crippen molar-refractivity contribution in [1.29, 1.82) is 0 Å². The number of hydrogen-bond donors (Lipinski definition) is 2. The molecule has 18 heavy (non-hydrogen) atoms. The van der Waals surface area contributed by atoms with Crippen molar-refractivity contribution in [2.75, 3.05) is 26.3 Å². The highest BCUT2D eigenvalue weighted by Gasteiger charge is 2.13. The van der Waals surface area contributed by atoms with Crippen molar-refractivity contribution >= 4 is 21.8 Å². The van der Waals surface area contributed by atoms with Crippen molar-refractivity contribution < 1.29 is 9.53 Å². The molecular formula is C13H17BrN2O2. The van der Waals surface area contributed by atoms with Crippen LogP contribution in [0, 0.1) is 0 Å². The molecule has 1 aromatic carbocycles. The minimum Gasteiger partial charge on any atom is -0.378 e. The molecule has 0 aromatic heterocycles. The summed E-state index contributed by atoms with van der Waals surface area (Å²) in [6.07, 6.45) is 0.418. The van der Waals surface area contributed by atoms with Crippen LogP contribution in [0.15, 0.2) is 28.7 Å². The fourth-order valence-electron chi connectivity index (χ4n) is 1.84. The van der Waals surface area contributed by atoms with Gasteiger partial charge in [0.2, 0.25) is 5.91 Å². The minimum atomic E-state index is 0.0460. The first-order valence-electron chi connectivity index (χ1n) is 6.06. The lowest BCUT2D eigenvalue weighted by atomic mass is 10.1. The van der Waals surface area contributed by atoms with Gasteiger partial charge in [0.05, 0.1) is 19.6 Å². The topological polar surface area (TPSA) is 50.4 Å². The maximum atomic E-state index is 11.7. The molecule has 1 fully saturated rings. The van der Waals surface area contributed by atoms with E-state index in [4.69, 9.17) is 4.74 Å². The number of nitrogens with one attached hydrogen (secondary N) is 2. The predicted octanol–water partition coefficient (Wildman–Crippen LogP) is 1.10. The standard InChI is InChI=1S/C13H17BrN2O2/c14-11-3-1-10(2-4-11)7-13(17)16-8-12-9-18-6-5-15-12/h1-4,12,15H,5-9H2,(H,16,17). The van der Waals surface area contributed by atoms with Gasteiger partial charge in [0.25, 0.3) is 0 Å². The maximum Gasteiger partial charge on any atom is 0.224 e. The quantitative estimate of drug-likeness (QED) is 0.875. The van der Waals surface area contributed by atoms with Crippen LogP contribution in [0.3, 0.4) is 0 Å². The first-order chi connectivity index (χ1) is 8.74. The highest BCUT2D eigenvalue weighted by Crippen LogP contribution is 2.10. The summed E-state index contributed by atoms with van der Waals surface area (Å²) in [7, 11) is 0. The zero-order chi connectivity index (χ0) is 12.8. The summed E-state index contributed by atoms with van der Waals surface area (Å²) < 4.78 is 6.35. The molecule has 2 rings (SSSR count). The summed E-state index contributed by atoms with van der Waals surface area (Å²) in [6.45, 7) is 2.89. The second-order valence-electron chi connectivity index (χ2n) is 4.33. The number of benzene rings is 1. The number of carbonyl (C=O) groups excluding carboxylic acids is 1. The summed E-state index contributed by atoms with van der Waals surface area (Å²) >= 11 is 3.37. The first-order valence-corrected chi connectivity index (χ1v) is 6.85. The molecule has 0 aliphatic carbocycles. The zero-order valence-corrected chi connectivity index (χ0v) is 11.7. The van der Waals surface area contributed by atoms with E-state index in [0.29, 0.717) is 19.6 Å². The van der Waals surface area contributed by atoms with Gasteiger partial charge in [-0.2, -0.15) is 0 Å². The van der Waals surface area contributed by atoms with Gasteiger partial charge in [-0.3, -0.25) is 4.79 Å². The van der Waals surface area contributed by atoms with E-state index in [2.05, 4.69) is 26.6 Å². The number of morpholine rings is 1. The summed E-state index contributed by atoms with van der Waals surface area (Å²) in [4.78, 5) is 11.7. The Bertz CT molecular complexity index is 388. The third-order valence-corrected chi connectivity index (χ3v) is 3.35. The van der Waals surface area contributed by atoms with E-state index in [-0.39, 0.29) is 11.9 Å². The number of rotatable bonds is 4. The molecule has 1 amide bonds. The summed E-state index contributed by atoms with van der Waals surface area (Å²) in [5.74, 6) is 0.0460. The second-order valence-corrected chi connectivity index (χ2v) is 5.25. The number of halogens is 1. The Balaban J connectivity index is 1.73. The normalized spacial score (nSPS) is 19.5. The lowest BCUT2D eigenvalue weighted by Crippen LogP contribution is -2.48. The van der Waals surface area contributed by atoms with Crippen LogP contribution in [0.5, 0.6) is 0 Å². The van der Waals surface area contributed by atoms with Crippen LogP contribution in [0.2, 0.25) is 0 Å². The lowest BCUT2D eigenvalue weighted by Gasteiger charge is -2.23. The van der Waals surface area contributed by atoms with E-state index in [9.17, 15) is 4.79 Å². The Morgan fingerprint density at radius 2 is 2.22 bits per heavy atom. The van der Waals surface area contributed by atoms with Crippen LogP contribution in [0.25, 0.3) is 0 Å². The van der Waals surface area contributed by atoms with Crippen LogP contribution >= 0.6 is 15.9 Å². The second kappa shape index (κ2) is 6.87. The third kappa shape index (κ3) is 4.40. The molecule has 1 aliphatic rings. The number of ether oxygens (including phenoxy) is 1. The fraction of sp³-hybridized carbons (Fsp3) is 0.462. The molecule has 1 aliphatic heterocycles. The zero-order valence-electron chi connectivity index (χ0n) is 10.1. The van der Waals surface area contributed by atoms with E-state index in [0.717, 1.165) is 23.2 Å². The molecule has 0 saturated carbocycles. The average molecular weight is 313 g/mol. The van der Waals surface area contributed by atoms with Crippen molar-refractivity contribution in [1.82, 2.24) is 10.6 Å². The Labute approximate surface area is 115 Å². The van der Waals surface area contributed by atoms with Crippen molar-refractivity contribution in [2.24, 2.45) is 0 Å². The molecule has 5 heteroatoms. The monoisotopic (exact) mass is 312 g/mol. The van der Waals surface area contributed by atoms with Crippen molar-refractivity contribution in [3.05, 3.63) is 34.3 Å². The Hall–Kier alpha value is -0.910. The van der Waals surface area contributed by atoms with Crippen molar-refractivity contribution in [3.8, 4) is 0 Å². The summed E-state index contributed by atoms with van der Waals surface area (Å²) in [5, 5.41) is 6.22. The average Bonchev–Trinajstić information content (AvgIpc) is 2.40. The maximum absolute atomic E-state index is 11.7. The molecule has 1 heterocycles. The number of carbonyl (C=O) groups is 1. The fourth-order valence-corrected chi connectivity index (χ4v) is 2.10. The number of amides is 1. The highest BCUT2D eigenvalue weighted by atomic mass is 79.9. The SMILES string of the molecule is O=C(Cc1ccc(Br)cc1)NCC1COCCN1. The predicted molar refractivity (Wildman–Crippen MR) is 73.5 cm³/mol. The molecular weight excluding hydrogens is 296 g/mol. The third-order valence-electron chi connectivity index (χ3n) is 2.82. The highest BCUT2D eigenvalue weighted by molar-refractivity contribution is 9.10. The van der Waals surface area contributed by atoms with E-state index in [1.54, 1.807) is 0 Å². The van der Waals surface area contributed by atoms with Crippen LogP contribution in [0.4, 0.5) is 0 Å². The van der Waals surface area contributed by atoms with Crippen molar-refractivity contribution in [3.63, 3.8) is 0 Å². The van der Waals surface area contributed by atoms with E-state index >= 15 is 0 Å². The Kier molecular flexibility index (Phi) is 5.16. The van der Waals surface area contributed by atoms with E-state index < -0.39 is 0 Å². The van der Waals surface area contributed by atoms with Gasteiger partial charge in [0, 0.05) is 23.6 Å². The van der Waals surface area contributed by atoms with Gasteiger partial charge in [-0.05, 0) is 17.7 Å². The summed E-state index contributed by atoms with van der Waals surface area (Å²) in [5.41, 5.74) is 1.02. The molecule has 1 atom stereocenters. The van der Waals surface area contributed by atoms with Gasteiger partial charge >= 0.3 is 0 Å². The molecule has 4 nitrogen and oxygen atoms in total. The van der Waals surface area contributed by atoms with E-state index in [1.165, 1.54) is 0 Å². The molecule has 98 valence electrons. The van der Waals surface area contributed by atoms with Crippen LogP contribution in [-0.2, 0) is 16.0 Å². The van der Waals surface area contributed by atoms with Crippen LogP contribution < -0.4 is 10.6 Å². The molecule has 1 unspecified atom stereocenters. The smallest absolute Gasteiger partial charge is 0.224 e. The summed E-state index contributed by atoms with van der Waals surface area (Å²) in [6, 6.07) is 8.02. The largest absolute Gasteiger partial charge is 0.378 e. The Morgan fingerprint density at radius 3 is 2.89 bits per heavy atom. The van der Waals surface area contributed by atoms with Crippen molar-refractivity contribution in [2.45, 2.75) is 12.5 Å². The van der Waals surface area contributed by atoms with Gasteiger partial charge in [0.15, 0.2) is 0 Å². The van der Waals surface area contributed by atoms with Gasteiger partial charge in [0.1, 0.15) is 0 Å². The van der Waals surface area contributed by atoms with Gasteiger partial charge in [-0.1, -0.05) is 28.1 Å². The van der Waals surface area contributed by atoms with E-state index in [1.807, 2.05) is 24.3 Å². The molecule has 1 aromatic rings. The van der Waals surface area contributed by atoms with Gasteiger partial charge < -0.3 is 15.4 Å². The molecule has 0 spiro atoms. The molecule has 0 radical (unpaired) electrons. The van der Waals surface area contributed by atoms with Gasteiger partial charge in [-0.15, -0.1) is 0 Å². The number of hydrogen-bond acceptors (Lipinski definition) is 3. The van der Waals surface area contributed by atoms with Crippen LogP contribution in [-0.4, -0.2) is 38.3 Å².